The molecule has 0 saturated heterocycles. The van der Waals surface area contributed by atoms with Crippen molar-refractivity contribution in [2.75, 3.05) is 40.3 Å². The maximum atomic E-state index is 11.9. The molecule has 0 aliphatic rings. The van der Waals surface area contributed by atoms with Crippen LogP contribution in [-0.2, 0) is 4.79 Å². The molecule has 0 amide bonds. The number of nitrogens with zero attached hydrogens (tertiary/aromatic N) is 2. The minimum atomic E-state index is -4.17. The molecule has 0 fully saturated rings. The second-order valence-corrected chi connectivity index (χ2v) is 4.19. The van der Waals surface area contributed by atoms with Crippen molar-refractivity contribution in [2.45, 2.75) is 19.0 Å². The van der Waals surface area contributed by atoms with Crippen LogP contribution in [0.4, 0.5) is 13.2 Å². The van der Waals surface area contributed by atoms with Gasteiger partial charge in [0.2, 0.25) is 0 Å². The van der Waals surface area contributed by atoms with E-state index in [1.807, 2.05) is 19.0 Å². The molecule has 4 nitrogen and oxygen atoms in total. The highest BCUT2D eigenvalue weighted by molar-refractivity contribution is 5.69. The molecule has 0 aromatic heterocycles. The lowest BCUT2D eigenvalue weighted by Gasteiger charge is -2.22. The van der Waals surface area contributed by atoms with E-state index in [1.54, 1.807) is 0 Å². The third kappa shape index (κ3) is 11.4. The van der Waals surface area contributed by atoms with Gasteiger partial charge >= 0.3 is 12.1 Å². The zero-order chi connectivity index (χ0) is 13.5. The maximum Gasteiger partial charge on any atom is 0.389 e. The lowest BCUT2D eigenvalue weighted by Crippen LogP contribution is -2.36. The zero-order valence-electron chi connectivity index (χ0n) is 10.1. The van der Waals surface area contributed by atoms with Crippen molar-refractivity contribution in [3.63, 3.8) is 0 Å². The van der Waals surface area contributed by atoms with Gasteiger partial charge in [-0.3, -0.25) is 9.69 Å². The van der Waals surface area contributed by atoms with Crippen LogP contribution in [0.5, 0.6) is 0 Å². The summed E-state index contributed by atoms with van der Waals surface area (Å²) in [6.07, 6.45) is -5.11. The molecule has 1 N–H and O–H groups in total. The monoisotopic (exact) mass is 256 g/mol. The number of hydrogen-bond acceptors (Lipinski definition) is 3. The largest absolute Gasteiger partial charge is 0.480 e. The van der Waals surface area contributed by atoms with Gasteiger partial charge in [0, 0.05) is 19.5 Å². The van der Waals surface area contributed by atoms with Gasteiger partial charge in [-0.05, 0) is 27.1 Å². The molecule has 7 heteroatoms. The van der Waals surface area contributed by atoms with Crippen molar-refractivity contribution in [3.05, 3.63) is 0 Å². The first kappa shape index (κ1) is 16.2. The van der Waals surface area contributed by atoms with E-state index >= 15 is 0 Å². The van der Waals surface area contributed by atoms with Gasteiger partial charge in [0.05, 0.1) is 6.54 Å². The number of carboxylic acids is 1. The molecule has 0 atom stereocenters. The minimum Gasteiger partial charge on any atom is -0.480 e. The molecule has 0 saturated carbocycles. The molecule has 0 bridgehead atoms. The summed E-state index contributed by atoms with van der Waals surface area (Å²) in [5, 5.41) is 8.63. The standard InChI is InChI=1S/C10H19F3N2O2/c1-14(2)6-7-15(8-9(16)17)5-3-4-10(11,12)13/h3-8H2,1-2H3,(H,16,17). The van der Waals surface area contributed by atoms with E-state index in [9.17, 15) is 18.0 Å². The third-order valence-corrected chi connectivity index (χ3v) is 2.16. The molecule has 0 aliphatic carbocycles. The summed E-state index contributed by atoms with van der Waals surface area (Å²) in [5.74, 6) is -1.02. The van der Waals surface area contributed by atoms with E-state index in [0.29, 0.717) is 13.1 Å². The molecule has 0 heterocycles. The Morgan fingerprint density at radius 3 is 2.18 bits per heavy atom. The van der Waals surface area contributed by atoms with Crippen LogP contribution < -0.4 is 0 Å². The number of likely N-dealkylation sites (N-methyl/N-ethyl adjacent to an activating group) is 1. The van der Waals surface area contributed by atoms with Gasteiger partial charge in [0.1, 0.15) is 0 Å². The maximum absolute atomic E-state index is 11.9. The van der Waals surface area contributed by atoms with E-state index < -0.39 is 18.6 Å². The Morgan fingerprint density at radius 2 is 1.76 bits per heavy atom. The second kappa shape index (κ2) is 7.50. The fourth-order valence-corrected chi connectivity index (χ4v) is 1.31. The molecule has 0 aromatic carbocycles. The fraction of sp³-hybridized carbons (Fsp3) is 0.900. The van der Waals surface area contributed by atoms with Gasteiger partial charge in [-0.1, -0.05) is 0 Å². The van der Waals surface area contributed by atoms with Gasteiger partial charge in [0.25, 0.3) is 0 Å². The molecular weight excluding hydrogens is 237 g/mol. The van der Waals surface area contributed by atoms with Crippen LogP contribution in [0.15, 0.2) is 0 Å². The van der Waals surface area contributed by atoms with Gasteiger partial charge < -0.3 is 10.0 Å². The summed E-state index contributed by atoms with van der Waals surface area (Å²) >= 11 is 0. The van der Waals surface area contributed by atoms with Crippen molar-refractivity contribution >= 4 is 5.97 Å². The van der Waals surface area contributed by atoms with Crippen LogP contribution in [-0.4, -0.2) is 67.3 Å². The minimum absolute atomic E-state index is 0.0653. The summed E-state index contributed by atoms with van der Waals surface area (Å²) < 4.78 is 35.8. The summed E-state index contributed by atoms with van der Waals surface area (Å²) in [4.78, 5) is 13.9. The molecule has 0 unspecified atom stereocenters. The summed E-state index contributed by atoms with van der Waals surface area (Å²) in [6, 6.07) is 0. The van der Waals surface area contributed by atoms with Crippen LogP contribution in [0.1, 0.15) is 12.8 Å². The Hall–Kier alpha value is -0.820. The number of carboxylic acid groups (broad SMARTS) is 1. The van der Waals surface area contributed by atoms with Crippen LogP contribution in [0.3, 0.4) is 0 Å². The van der Waals surface area contributed by atoms with Crippen LogP contribution in [0.25, 0.3) is 0 Å². The first-order valence-electron chi connectivity index (χ1n) is 5.36. The topological polar surface area (TPSA) is 43.8 Å². The fourth-order valence-electron chi connectivity index (χ4n) is 1.31. The molecule has 0 radical (unpaired) electrons. The van der Waals surface area contributed by atoms with E-state index in [0.717, 1.165) is 0 Å². The Kier molecular flexibility index (Phi) is 7.13. The number of rotatable bonds is 8. The van der Waals surface area contributed by atoms with Crippen LogP contribution in [0, 0.1) is 0 Å². The normalized spacial score (nSPS) is 12.4. The van der Waals surface area contributed by atoms with E-state index in [2.05, 4.69) is 0 Å². The number of halogens is 3. The Morgan fingerprint density at radius 1 is 1.18 bits per heavy atom. The van der Waals surface area contributed by atoms with Gasteiger partial charge in [-0.15, -0.1) is 0 Å². The molecule has 0 rings (SSSR count). The summed E-state index contributed by atoms with van der Waals surface area (Å²) in [6.45, 7) is 1.02. The lowest BCUT2D eigenvalue weighted by molar-refractivity contribution is -0.139. The summed E-state index contributed by atoms with van der Waals surface area (Å²) in [7, 11) is 3.66. The highest BCUT2D eigenvalue weighted by Gasteiger charge is 2.26. The predicted molar refractivity (Wildman–Crippen MR) is 57.9 cm³/mol. The van der Waals surface area contributed by atoms with Crippen molar-refractivity contribution in [3.8, 4) is 0 Å². The van der Waals surface area contributed by atoms with Crippen molar-refractivity contribution in [1.29, 1.82) is 0 Å². The van der Waals surface area contributed by atoms with E-state index in [1.165, 1.54) is 4.90 Å². The van der Waals surface area contributed by atoms with Crippen molar-refractivity contribution < 1.29 is 23.1 Å². The van der Waals surface area contributed by atoms with Gasteiger partial charge in [-0.2, -0.15) is 13.2 Å². The summed E-state index contributed by atoms with van der Waals surface area (Å²) in [5.41, 5.74) is 0. The Bertz CT molecular complexity index is 232. The molecule has 0 aliphatic heterocycles. The van der Waals surface area contributed by atoms with E-state index in [4.69, 9.17) is 5.11 Å². The van der Waals surface area contributed by atoms with Crippen LogP contribution in [0.2, 0.25) is 0 Å². The van der Waals surface area contributed by atoms with Gasteiger partial charge in [-0.25, -0.2) is 0 Å². The number of carbonyl (C=O) groups is 1. The quantitative estimate of drug-likeness (QED) is 0.710. The zero-order valence-corrected chi connectivity index (χ0v) is 10.1. The average molecular weight is 256 g/mol. The Labute approximate surface area is 99.0 Å². The molecular formula is C10H19F3N2O2. The second-order valence-electron chi connectivity index (χ2n) is 4.19. The number of alkyl halides is 3. The molecule has 102 valence electrons. The first-order chi connectivity index (χ1) is 7.70. The first-order valence-corrected chi connectivity index (χ1v) is 5.36. The SMILES string of the molecule is CN(C)CCN(CCCC(F)(F)F)CC(=O)O. The van der Waals surface area contributed by atoms with E-state index in [-0.39, 0.29) is 19.5 Å². The number of hydrogen-bond donors (Lipinski definition) is 1. The molecule has 0 spiro atoms. The third-order valence-electron chi connectivity index (χ3n) is 2.16. The highest BCUT2D eigenvalue weighted by Crippen LogP contribution is 2.21. The molecule has 0 aromatic rings. The average Bonchev–Trinajstić information content (AvgIpc) is 2.10. The highest BCUT2D eigenvalue weighted by atomic mass is 19.4. The molecule has 17 heavy (non-hydrogen) atoms. The van der Waals surface area contributed by atoms with Crippen molar-refractivity contribution in [2.24, 2.45) is 0 Å². The number of aliphatic carboxylic acids is 1. The van der Waals surface area contributed by atoms with Gasteiger partial charge in [0.15, 0.2) is 0 Å². The predicted octanol–water partition coefficient (Wildman–Crippen LogP) is 1.28. The lowest BCUT2D eigenvalue weighted by atomic mass is 10.3. The van der Waals surface area contributed by atoms with Crippen LogP contribution >= 0.6 is 0 Å². The smallest absolute Gasteiger partial charge is 0.389 e. The van der Waals surface area contributed by atoms with Crippen molar-refractivity contribution in [1.82, 2.24) is 9.80 Å². The Balaban J connectivity index is 3.97.